The van der Waals surface area contributed by atoms with Gasteiger partial charge in [0.05, 0.1) is 16.5 Å². The molecule has 0 bridgehead atoms. The number of benzene rings is 2. The SMILES string of the molecule is CCCCCCCCCOc1ccc(/C=N\S(=O)(=O)c2ccc(C)cc2)c(Cl)c1. The van der Waals surface area contributed by atoms with Gasteiger partial charge >= 0.3 is 0 Å². The third kappa shape index (κ3) is 8.19. The molecule has 0 aliphatic carbocycles. The van der Waals surface area contributed by atoms with Gasteiger partial charge in [-0.25, -0.2) is 0 Å². The molecule has 0 radical (unpaired) electrons. The van der Waals surface area contributed by atoms with Crippen LogP contribution in [0.1, 0.15) is 63.0 Å². The maximum Gasteiger partial charge on any atom is 0.282 e. The molecular formula is C23H30ClNO3S. The fourth-order valence-electron chi connectivity index (χ4n) is 2.85. The molecule has 2 rings (SSSR count). The number of rotatable bonds is 12. The van der Waals surface area contributed by atoms with Crippen LogP contribution in [0.3, 0.4) is 0 Å². The zero-order chi connectivity index (χ0) is 21.1. The average Bonchev–Trinajstić information content (AvgIpc) is 2.69. The molecule has 0 unspecified atom stereocenters. The molecule has 0 heterocycles. The summed E-state index contributed by atoms with van der Waals surface area (Å²) < 4.78 is 34.1. The molecule has 2 aromatic carbocycles. The highest BCUT2D eigenvalue weighted by Crippen LogP contribution is 2.22. The Balaban J connectivity index is 1.86. The molecule has 29 heavy (non-hydrogen) atoms. The van der Waals surface area contributed by atoms with Crippen LogP contribution in [0.4, 0.5) is 0 Å². The van der Waals surface area contributed by atoms with Crippen LogP contribution in [0.5, 0.6) is 5.75 Å². The van der Waals surface area contributed by atoms with Crippen molar-refractivity contribution in [2.75, 3.05) is 6.61 Å². The van der Waals surface area contributed by atoms with Gasteiger partial charge in [-0.2, -0.15) is 12.8 Å². The number of hydrogen-bond donors (Lipinski definition) is 0. The highest BCUT2D eigenvalue weighted by atomic mass is 35.5. The molecule has 0 aliphatic rings. The molecule has 4 nitrogen and oxygen atoms in total. The molecule has 0 N–H and O–H groups in total. The first-order chi connectivity index (χ1) is 13.9. The summed E-state index contributed by atoms with van der Waals surface area (Å²) in [6.45, 7) is 4.77. The maximum absolute atomic E-state index is 12.3. The molecule has 0 saturated carbocycles. The summed E-state index contributed by atoms with van der Waals surface area (Å²) in [5.74, 6) is 0.680. The van der Waals surface area contributed by atoms with Gasteiger partial charge in [-0.05, 0) is 43.7 Å². The zero-order valence-corrected chi connectivity index (χ0v) is 18.8. The minimum atomic E-state index is -3.75. The summed E-state index contributed by atoms with van der Waals surface area (Å²) in [6.07, 6.45) is 9.89. The van der Waals surface area contributed by atoms with E-state index in [0.717, 1.165) is 12.0 Å². The van der Waals surface area contributed by atoms with Crippen LogP contribution in [0.2, 0.25) is 5.02 Å². The van der Waals surface area contributed by atoms with Crippen LogP contribution in [-0.2, 0) is 10.0 Å². The summed E-state index contributed by atoms with van der Waals surface area (Å²) in [5, 5.41) is 0.407. The zero-order valence-electron chi connectivity index (χ0n) is 17.2. The van der Waals surface area contributed by atoms with E-state index in [2.05, 4.69) is 11.3 Å². The molecule has 0 aromatic heterocycles. The van der Waals surface area contributed by atoms with E-state index in [0.29, 0.717) is 22.9 Å². The normalized spacial score (nSPS) is 11.8. The first-order valence-corrected chi connectivity index (χ1v) is 12.0. The van der Waals surface area contributed by atoms with Crippen LogP contribution < -0.4 is 4.74 Å². The Hall–Kier alpha value is -1.85. The van der Waals surface area contributed by atoms with Crippen molar-refractivity contribution in [3.8, 4) is 5.75 Å². The van der Waals surface area contributed by atoms with Crippen molar-refractivity contribution in [1.82, 2.24) is 0 Å². The van der Waals surface area contributed by atoms with E-state index < -0.39 is 10.0 Å². The summed E-state index contributed by atoms with van der Waals surface area (Å²) >= 11 is 6.27. The van der Waals surface area contributed by atoms with Crippen LogP contribution in [0.25, 0.3) is 0 Å². The number of sulfonamides is 1. The van der Waals surface area contributed by atoms with Crippen molar-refractivity contribution in [3.05, 3.63) is 58.6 Å². The Morgan fingerprint density at radius 3 is 2.28 bits per heavy atom. The topological polar surface area (TPSA) is 55.7 Å². The van der Waals surface area contributed by atoms with E-state index in [1.807, 2.05) is 6.92 Å². The summed E-state index contributed by atoms with van der Waals surface area (Å²) in [7, 11) is -3.75. The van der Waals surface area contributed by atoms with Crippen LogP contribution in [0.15, 0.2) is 51.8 Å². The third-order valence-electron chi connectivity index (χ3n) is 4.64. The predicted molar refractivity (Wildman–Crippen MR) is 121 cm³/mol. The summed E-state index contributed by atoms with van der Waals surface area (Å²) in [4.78, 5) is 0.158. The Morgan fingerprint density at radius 1 is 0.966 bits per heavy atom. The van der Waals surface area contributed by atoms with E-state index in [4.69, 9.17) is 16.3 Å². The molecule has 0 spiro atoms. The van der Waals surface area contributed by atoms with Gasteiger partial charge in [0, 0.05) is 11.8 Å². The standard InChI is InChI=1S/C23H30ClNO3S/c1-3-4-5-6-7-8-9-16-28-21-13-12-20(23(24)17-21)18-25-29(26,27)22-14-10-19(2)11-15-22/h10-15,17-18H,3-9,16H2,1-2H3/b25-18-. The average molecular weight is 436 g/mol. The quantitative estimate of drug-likeness (QED) is 0.279. The third-order valence-corrected chi connectivity index (χ3v) is 6.22. The molecule has 6 heteroatoms. The van der Waals surface area contributed by atoms with Gasteiger partial charge in [0.15, 0.2) is 0 Å². The first-order valence-electron chi connectivity index (χ1n) is 10.2. The summed E-state index contributed by atoms with van der Waals surface area (Å²) in [6, 6.07) is 11.8. The molecule has 0 fully saturated rings. The van der Waals surface area contributed by atoms with E-state index in [9.17, 15) is 8.42 Å². The molecule has 0 amide bonds. The molecular weight excluding hydrogens is 406 g/mol. The van der Waals surface area contributed by atoms with Crippen LogP contribution in [0, 0.1) is 6.92 Å². The van der Waals surface area contributed by atoms with Crippen molar-refractivity contribution in [2.45, 2.75) is 63.7 Å². The Morgan fingerprint density at radius 2 is 1.62 bits per heavy atom. The number of halogens is 1. The summed E-state index contributed by atoms with van der Waals surface area (Å²) in [5.41, 5.74) is 1.52. The molecule has 158 valence electrons. The number of aryl methyl sites for hydroxylation is 1. The van der Waals surface area contributed by atoms with Gasteiger partial charge in [-0.15, -0.1) is 0 Å². The smallest absolute Gasteiger partial charge is 0.282 e. The molecule has 0 aliphatic heterocycles. The lowest BCUT2D eigenvalue weighted by Gasteiger charge is -2.08. The van der Waals surface area contributed by atoms with E-state index in [1.165, 1.54) is 44.7 Å². The lowest BCUT2D eigenvalue weighted by atomic mass is 10.1. The van der Waals surface area contributed by atoms with Gasteiger partial charge < -0.3 is 4.74 Å². The minimum Gasteiger partial charge on any atom is -0.494 e. The van der Waals surface area contributed by atoms with Crippen molar-refractivity contribution < 1.29 is 13.2 Å². The maximum atomic E-state index is 12.3. The monoisotopic (exact) mass is 435 g/mol. The number of unbranched alkanes of at least 4 members (excludes halogenated alkanes) is 6. The largest absolute Gasteiger partial charge is 0.494 e. The fraction of sp³-hybridized carbons (Fsp3) is 0.435. The minimum absolute atomic E-state index is 0.158. The van der Waals surface area contributed by atoms with E-state index >= 15 is 0 Å². The Labute approximate surface area is 180 Å². The van der Waals surface area contributed by atoms with Crippen molar-refractivity contribution in [3.63, 3.8) is 0 Å². The van der Waals surface area contributed by atoms with Crippen LogP contribution in [-0.4, -0.2) is 21.2 Å². The predicted octanol–water partition coefficient (Wildman–Crippen LogP) is 6.59. The number of hydrogen-bond acceptors (Lipinski definition) is 3. The van der Waals surface area contributed by atoms with Crippen LogP contribution >= 0.6 is 11.6 Å². The molecule has 0 saturated heterocycles. The molecule has 0 atom stereocenters. The van der Waals surface area contributed by atoms with Crippen molar-refractivity contribution >= 4 is 27.8 Å². The first kappa shape index (κ1) is 23.4. The Kier molecular flexibility index (Phi) is 9.68. The van der Waals surface area contributed by atoms with Gasteiger partial charge in [-0.1, -0.05) is 74.7 Å². The highest BCUT2D eigenvalue weighted by molar-refractivity contribution is 7.90. The number of ether oxygens (including phenoxy) is 1. The highest BCUT2D eigenvalue weighted by Gasteiger charge is 2.11. The Bertz CT molecular complexity index is 893. The van der Waals surface area contributed by atoms with E-state index in [1.54, 1.807) is 42.5 Å². The number of nitrogens with zero attached hydrogens (tertiary/aromatic N) is 1. The van der Waals surface area contributed by atoms with Gasteiger partial charge in [0.2, 0.25) is 0 Å². The molecule has 2 aromatic rings. The second kappa shape index (κ2) is 12.0. The van der Waals surface area contributed by atoms with Gasteiger partial charge in [0.25, 0.3) is 10.0 Å². The second-order valence-corrected chi connectivity index (χ2v) is 9.22. The second-order valence-electron chi connectivity index (χ2n) is 7.18. The van der Waals surface area contributed by atoms with Crippen molar-refractivity contribution in [2.24, 2.45) is 4.40 Å². The van der Waals surface area contributed by atoms with Gasteiger partial charge in [0.1, 0.15) is 5.75 Å². The lowest BCUT2D eigenvalue weighted by molar-refractivity contribution is 0.304. The van der Waals surface area contributed by atoms with E-state index in [-0.39, 0.29) is 4.90 Å². The lowest BCUT2D eigenvalue weighted by Crippen LogP contribution is -1.99. The fourth-order valence-corrected chi connectivity index (χ4v) is 3.92. The van der Waals surface area contributed by atoms with Crippen molar-refractivity contribution in [1.29, 1.82) is 0 Å². The van der Waals surface area contributed by atoms with Gasteiger partial charge in [-0.3, -0.25) is 0 Å².